The van der Waals surface area contributed by atoms with E-state index < -0.39 is 32.8 Å². The number of benzene rings is 3. The Bertz CT molecular complexity index is 1350. The van der Waals surface area contributed by atoms with Gasteiger partial charge in [0.2, 0.25) is 6.04 Å². The summed E-state index contributed by atoms with van der Waals surface area (Å²) >= 11 is 0. The number of non-ortho nitro benzene ring substituents is 1. The smallest absolute Gasteiger partial charge is 0.294 e. The molecule has 0 fully saturated rings. The fourth-order valence-electron chi connectivity index (χ4n) is 2.76. The van der Waals surface area contributed by atoms with E-state index in [9.17, 15) is 32.7 Å². The molecule has 0 bridgehead atoms. The van der Waals surface area contributed by atoms with Crippen molar-refractivity contribution in [2.45, 2.75) is 17.9 Å². The molecular weight excluding hydrogens is 440 g/mol. The first-order valence-electron chi connectivity index (χ1n) is 9.02. The van der Waals surface area contributed by atoms with E-state index in [0.29, 0.717) is 10.8 Å². The monoisotopic (exact) mass is 456 g/mol. The molecule has 1 atom stereocenters. The Hall–Kier alpha value is -4.03. The van der Waals surface area contributed by atoms with Crippen LogP contribution in [0, 0.1) is 10.1 Å². The minimum Gasteiger partial charge on any atom is -0.324 e. The van der Waals surface area contributed by atoms with Crippen LogP contribution in [0.25, 0.3) is 10.8 Å². The lowest BCUT2D eigenvalue weighted by atomic mass is 10.1. The molecule has 0 aromatic heterocycles. The average molecular weight is 456 g/mol. The second-order valence-corrected chi connectivity index (χ2v) is 8.11. The molecule has 0 spiro atoms. The molecule has 12 heteroatoms. The van der Waals surface area contributed by atoms with Crippen LogP contribution in [-0.2, 0) is 19.7 Å². The van der Waals surface area contributed by atoms with Crippen LogP contribution in [0.2, 0.25) is 0 Å². The molecule has 0 radical (unpaired) electrons. The van der Waals surface area contributed by atoms with E-state index in [1.807, 2.05) is 0 Å². The molecule has 0 aliphatic heterocycles. The summed E-state index contributed by atoms with van der Waals surface area (Å²) in [5.41, 5.74) is 0.350. The van der Waals surface area contributed by atoms with Crippen molar-refractivity contribution >= 4 is 49.6 Å². The molecule has 1 amide bonds. The number of carbonyl (C=O) groups is 2. The summed E-state index contributed by atoms with van der Waals surface area (Å²) in [7, 11) is -4.39. The summed E-state index contributed by atoms with van der Waals surface area (Å²) in [6.07, 6.45) is 0. The molecule has 3 aromatic carbocycles. The zero-order valence-corrected chi connectivity index (χ0v) is 17.3. The van der Waals surface area contributed by atoms with Crippen LogP contribution in [-0.4, -0.2) is 35.6 Å². The quantitative estimate of drug-likeness (QED) is 0.180. The number of nitro groups is 1. The average Bonchev–Trinajstić information content (AvgIpc) is 2.72. The van der Waals surface area contributed by atoms with Crippen molar-refractivity contribution in [1.82, 2.24) is 0 Å². The Balaban J connectivity index is 1.81. The van der Waals surface area contributed by atoms with Crippen molar-refractivity contribution in [3.63, 3.8) is 0 Å². The maximum absolute atomic E-state index is 12.6. The van der Waals surface area contributed by atoms with Crippen LogP contribution in [0.4, 0.5) is 17.1 Å². The summed E-state index contributed by atoms with van der Waals surface area (Å²) < 4.78 is 31.9. The van der Waals surface area contributed by atoms with Crippen molar-refractivity contribution in [2.75, 3.05) is 5.32 Å². The highest BCUT2D eigenvalue weighted by atomic mass is 32.2. The Labute approximate surface area is 181 Å². The van der Waals surface area contributed by atoms with Gasteiger partial charge in [0, 0.05) is 17.8 Å². The normalized spacial score (nSPS) is 12.6. The number of azo groups is 1. The number of fused-ring (bicyclic) bond motifs is 1. The van der Waals surface area contributed by atoms with Crippen LogP contribution < -0.4 is 5.32 Å². The van der Waals surface area contributed by atoms with E-state index in [4.69, 9.17) is 0 Å². The van der Waals surface area contributed by atoms with Gasteiger partial charge in [-0.1, -0.05) is 12.1 Å². The van der Waals surface area contributed by atoms with Crippen LogP contribution in [0.1, 0.15) is 6.92 Å². The molecule has 2 N–H and O–H groups in total. The van der Waals surface area contributed by atoms with E-state index in [0.717, 1.165) is 6.92 Å². The number of carbonyl (C=O) groups excluding carboxylic acids is 2. The van der Waals surface area contributed by atoms with Gasteiger partial charge >= 0.3 is 0 Å². The van der Waals surface area contributed by atoms with Crippen molar-refractivity contribution in [3.8, 4) is 0 Å². The number of hydrogen-bond donors (Lipinski definition) is 2. The van der Waals surface area contributed by atoms with Gasteiger partial charge in [-0.05, 0) is 54.1 Å². The molecule has 1 unspecified atom stereocenters. The van der Waals surface area contributed by atoms with Gasteiger partial charge in [-0.15, -0.1) is 0 Å². The number of rotatable bonds is 7. The number of nitro benzene ring substituents is 1. The van der Waals surface area contributed by atoms with Crippen LogP contribution in [0.5, 0.6) is 0 Å². The number of amides is 1. The Kier molecular flexibility index (Phi) is 6.37. The van der Waals surface area contributed by atoms with Crippen molar-refractivity contribution in [1.29, 1.82) is 0 Å². The number of ketones is 1. The highest BCUT2D eigenvalue weighted by Crippen LogP contribution is 2.23. The zero-order chi connectivity index (χ0) is 23.5. The van der Waals surface area contributed by atoms with Gasteiger partial charge in [0.25, 0.3) is 21.7 Å². The van der Waals surface area contributed by atoms with Gasteiger partial charge in [-0.25, -0.2) is 0 Å². The Morgan fingerprint density at radius 2 is 1.69 bits per heavy atom. The van der Waals surface area contributed by atoms with Gasteiger partial charge in [-0.3, -0.25) is 24.3 Å². The molecule has 0 aliphatic rings. The van der Waals surface area contributed by atoms with Crippen molar-refractivity contribution < 1.29 is 27.5 Å². The van der Waals surface area contributed by atoms with Crippen LogP contribution in [0.3, 0.4) is 0 Å². The standard InChI is InChI=1S/C20H16N4O7S/c1-12(25)19(23-22-15-5-7-17(8-6-15)24(27)28)20(26)21-16-4-2-13-3-9-18(32(29,30)31)11-14(13)10-16/h2-11,19H,1H3,(H,21,26)(H,29,30,31). The second kappa shape index (κ2) is 8.99. The summed E-state index contributed by atoms with van der Waals surface area (Å²) in [5.74, 6) is -1.35. The zero-order valence-electron chi connectivity index (χ0n) is 16.5. The van der Waals surface area contributed by atoms with Gasteiger partial charge in [-0.2, -0.15) is 18.6 Å². The fraction of sp³-hybridized carbons (Fsp3) is 0.100. The molecule has 3 aromatic rings. The van der Waals surface area contributed by atoms with Gasteiger partial charge in [0.05, 0.1) is 15.5 Å². The van der Waals surface area contributed by atoms with Gasteiger partial charge < -0.3 is 5.32 Å². The van der Waals surface area contributed by atoms with E-state index in [-0.39, 0.29) is 22.0 Å². The first-order chi connectivity index (χ1) is 15.0. The van der Waals surface area contributed by atoms with Crippen molar-refractivity contribution in [3.05, 3.63) is 70.8 Å². The Morgan fingerprint density at radius 1 is 1.03 bits per heavy atom. The molecule has 32 heavy (non-hydrogen) atoms. The number of nitrogens with one attached hydrogen (secondary N) is 1. The number of Topliss-reactive ketones (excluding diaryl/α,β-unsaturated/α-hetero) is 1. The molecule has 11 nitrogen and oxygen atoms in total. The van der Waals surface area contributed by atoms with Gasteiger partial charge in [0.15, 0.2) is 5.78 Å². The second-order valence-electron chi connectivity index (χ2n) is 6.69. The van der Waals surface area contributed by atoms with Crippen LogP contribution >= 0.6 is 0 Å². The highest BCUT2D eigenvalue weighted by Gasteiger charge is 2.23. The van der Waals surface area contributed by atoms with E-state index in [2.05, 4.69) is 15.5 Å². The SMILES string of the molecule is CC(=O)C(N=Nc1ccc([N+](=O)[O-])cc1)C(=O)Nc1ccc2ccc(S(=O)(=O)O)cc2c1. The third-order valence-corrected chi connectivity index (χ3v) is 5.21. The first-order valence-corrected chi connectivity index (χ1v) is 10.5. The lowest BCUT2D eigenvalue weighted by Crippen LogP contribution is -2.31. The van der Waals surface area contributed by atoms with E-state index in [1.54, 1.807) is 12.1 Å². The highest BCUT2D eigenvalue weighted by molar-refractivity contribution is 7.85. The third kappa shape index (κ3) is 5.36. The molecule has 164 valence electrons. The minimum absolute atomic E-state index is 0.140. The maximum Gasteiger partial charge on any atom is 0.294 e. The number of anilines is 1. The predicted octanol–water partition coefficient (Wildman–Crippen LogP) is 3.67. The lowest BCUT2D eigenvalue weighted by Gasteiger charge is -2.10. The third-order valence-electron chi connectivity index (χ3n) is 4.36. The number of nitrogens with zero attached hydrogens (tertiary/aromatic N) is 3. The molecule has 3 rings (SSSR count). The van der Waals surface area contributed by atoms with Crippen LogP contribution in [0.15, 0.2) is 75.8 Å². The number of hydrogen-bond acceptors (Lipinski definition) is 8. The summed E-state index contributed by atoms with van der Waals surface area (Å²) in [5, 5.41) is 21.9. The van der Waals surface area contributed by atoms with E-state index >= 15 is 0 Å². The molecule has 0 heterocycles. The van der Waals surface area contributed by atoms with E-state index in [1.165, 1.54) is 48.5 Å². The largest absolute Gasteiger partial charge is 0.324 e. The molecule has 0 saturated heterocycles. The predicted molar refractivity (Wildman–Crippen MR) is 114 cm³/mol. The summed E-state index contributed by atoms with van der Waals surface area (Å²) in [6.45, 7) is 1.16. The minimum atomic E-state index is -4.39. The topological polar surface area (TPSA) is 168 Å². The fourth-order valence-corrected chi connectivity index (χ4v) is 3.27. The van der Waals surface area contributed by atoms with Crippen molar-refractivity contribution in [2.24, 2.45) is 10.2 Å². The lowest BCUT2D eigenvalue weighted by molar-refractivity contribution is -0.384. The maximum atomic E-state index is 12.6. The van der Waals surface area contributed by atoms with Gasteiger partial charge in [0.1, 0.15) is 0 Å². The summed E-state index contributed by atoms with van der Waals surface area (Å²) in [6, 6.07) is 12.3. The summed E-state index contributed by atoms with van der Waals surface area (Å²) in [4.78, 5) is 34.3. The molecule has 0 aliphatic carbocycles. The first kappa shape index (κ1) is 22.7. The molecule has 0 saturated carbocycles. The Morgan fingerprint density at radius 3 is 2.28 bits per heavy atom. The molecular formula is C20H16N4O7S.